The number of nitrogens with one attached hydrogen (secondary N) is 1. The van der Waals surface area contributed by atoms with E-state index in [1.165, 1.54) is 17.0 Å². The Morgan fingerprint density at radius 2 is 1.42 bits per heavy atom. The number of hydrogen-bond donors (Lipinski definition) is 1. The van der Waals surface area contributed by atoms with Crippen molar-refractivity contribution in [1.82, 2.24) is 10.2 Å². The number of sulfonamides is 1. The monoisotopic (exact) mass is 617 g/mol. The van der Waals surface area contributed by atoms with E-state index in [-0.39, 0.29) is 23.8 Å². The molecule has 0 bridgehead atoms. The fourth-order valence-corrected chi connectivity index (χ4v) is 6.48. The van der Waals surface area contributed by atoms with Gasteiger partial charge in [-0.1, -0.05) is 96.0 Å². The maximum atomic E-state index is 14.4. The summed E-state index contributed by atoms with van der Waals surface area (Å²) in [6, 6.07) is 29.3. The summed E-state index contributed by atoms with van der Waals surface area (Å²) in [5.41, 5.74) is 3.40. The maximum Gasteiger partial charge on any atom is 0.264 e. The summed E-state index contributed by atoms with van der Waals surface area (Å²) < 4.78 is 29.4. The minimum absolute atomic E-state index is 0.0458. The lowest BCUT2D eigenvalue weighted by Crippen LogP contribution is -2.53. The molecule has 0 aliphatic heterocycles. The molecule has 4 rings (SSSR count). The molecule has 1 N–H and O–H groups in total. The van der Waals surface area contributed by atoms with Crippen LogP contribution in [0.2, 0.25) is 5.02 Å². The number of halogens is 1. The molecule has 224 valence electrons. The molecule has 0 fully saturated rings. The molecular formula is C34H36ClN3O4S. The third-order valence-corrected chi connectivity index (χ3v) is 9.40. The van der Waals surface area contributed by atoms with Crippen LogP contribution in [0.15, 0.2) is 108 Å². The smallest absolute Gasteiger partial charge is 0.264 e. The van der Waals surface area contributed by atoms with E-state index < -0.39 is 28.5 Å². The van der Waals surface area contributed by atoms with Crippen molar-refractivity contribution < 1.29 is 18.0 Å². The first-order valence-electron chi connectivity index (χ1n) is 14.1. The van der Waals surface area contributed by atoms with Crippen LogP contribution in [0.1, 0.15) is 29.2 Å². The minimum atomic E-state index is -4.20. The first-order chi connectivity index (χ1) is 20.6. The van der Waals surface area contributed by atoms with Crippen molar-refractivity contribution >= 4 is 39.1 Å². The molecule has 4 aromatic rings. The van der Waals surface area contributed by atoms with Crippen LogP contribution < -0.4 is 9.62 Å². The number of anilines is 1. The zero-order chi connectivity index (χ0) is 31.0. The van der Waals surface area contributed by atoms with Gasteiger partial charge >= 0.3 is 0 Å². The zero-order valence-corrected chi connectivity index (χ0v) is 26.1. The van der Waals surface area contributed by atoms with Crippen LogP contribution in [0.4, 0.5) is 5.69 Å². The molecule has 9 heteroatoms. The average Bonchev–Trinajstić information content (AvgIpc) is 3.00. The molecule has 1 atom stereocenters. The Morgan fingerprint density at radius 1 is 0.814 bits per heavy atom. The summed E-state index contributed by atoms with van der Waals surface area (Å²) in [5, 5.41) is 3.24. The van der Waals surface area contributed by atoms with E-state index in [9.17, 15) is 18.0 Å². The van der Waals surface area contributed by atoms with Crippen LogP contribution in [-0.4, -0.2) is 44.3 Å². The highest BCUT2D eigenvalue weighted by atomic mass is 35.5. The highest BCUT2D eigenvalue weighted by molar-refractivity contribution is 7.92. The van der Waals surface area contributed by atoms with Crippen molar-refractivity contribution in [2.45, 2.75) is 44.7 Å². The topological polar surface area (TPSA) is 86.8 Å². The molecule has 0 saturated heterocycles. The molecule has 7 nitrogen and oxygen atoms in total. The van der Waals surface area contributed by atoms with Crippen LogP contribution in [0, 0.1) is 13.8 Å². The van der Waals surface area contributed by atoms with Gasteiger partial charge in [0.15, 0.2) is 0 Å². The predicted octanol–water partition coefficient (Wildman–Crippen LogP) is 5.93. The van der Waals surface area contributed by atoms with Crippen molar-refractivity contribution in [3.63, 3.8) is 0 Å². The van der Waals surface area contributed by atoms with Crippen molar-refractivity contribution in [3.05, 3.63) is 130 Å². The van der Waals surface area contributed by atoms with Crippen LogP contribution in [-0.2, 0) is 32.6 Å². The van der Waals surface area contributed by atoms with Crippen molar-refractivity contribution in [2.24, 2.45) is 0 Å². The van der Waals surface area contributed by atoms with E-state index in [0.29, 0.717) is 22.8 Å². The van der Waals surface area contributed by atoms with E-state index in [2.05, 4.69) is 5.32 Å². The molecule has 0 heterocycles. The molecule has 0 saturated carbocycles. The van der Waals surface area contributed by atoms with Crippen LogP contribution >= 0.6 is 11.6 Å². The number of hydrogen-bond acceptors (Lipinski definition) is 4. The molecule has 4 aromatic carbocycles. The van der Waals surface area contributed by atoms with Crippen molar-refractivity contribution in [3.8, 4) is 0 Å². The van der Waals surface area contributed by atoms with Gasteiger partial charge in [0, 0.05) is 24.5 Å². The van der Waals surface area contributed by atoms with Gasteiger partial charge in [-0.3, -0.25) is 13.9 Å². The zero-order valence-electron chi connectivity index (χ0n) is 24.5. The summed E-state index contributed by atoms with van der Waals surface area (Å²) in [5.74, 6) is -0.839. The van der Waals surface area contributed by atoms with Gasteiger partial charge in [0.05, 0.1) is 10.6 Å². The van der Waals surface area contributed by atoms with E-state index in [4.69, 9.17) is 11.6 Å². The number of carbonyl (C=O) groups excluding carboxylic acids is 2. The number of carbonyl (C=O) groups is 2. The van der Waals surface area contributed by atoms with Gasteiger partial charge < -0.3 is 10.2 Å². The standard InChI is InChI=1S/C34H36ClN3O4S/c1-4-36-34(40)32(22-27-12-7-5-8-13-27)37(23-28-14-9-6-10-15-28)33(39)24-38(31-17-11-16-30(35)26(31)3)43(41,42)29-20-18-25(2)19-21-29/h5-21,32H,4,22-24H2,1-3H3,(H,36,40)/t32-/m1/s1. The third-order valence-electron chi connectivity index (χ3n) is 7.21. The van der Waals surface area contributed by atoms with Gasteiger partial charge in [-0.25, -0.2) is 8.42 Å². The molecule has 0 spiro atoms. The highest BCUT2D eigenvalue weighted by Gasteiger charge is 2.35. The summed E-state index contributed by atoms with van der Waals surface area (Å²) in [6.07, 6.45) is 0.256. The summed E-state index contributed by atoms with van der Waals surface area (Å²) in [7, 11) is -4.20. The van der Waals surface area contributed by atoms with E-state index in [0.717, 1.165) is 21.0 Å². The minimum Gasteiger partial charge on any atom is -0.355 e. The molecule has 0 aliphatic carbocycles. The van der Waals surface area contributed by atoms with E-state index in [1.54, 1.807) is 37.3 Å². The highest BCUT2D eigenvalue weighted by Crippen LogP contribution is 2.31. The van der Waals surface area contributed by atoms with Crippen LogP contribution in [0.5, 0.6) is 0 Å². The summed E-state index contributed by atoms with van der Waals surface area (Å²) in [6.45, 7) is 5.37. The fraction of sp³-hybridized carbons (Fsp3) is 0.235. The molecule has 0 aromatic heterocycles. The van der Waals surface area contributed by atoms with Gasteiger partial charge in [-0.15, -0.1) is 0 Å². The first-order valence-corrected chi connectivity index (χ1v) is 15.9. The van der Waals surface area contributed by atoms with Gasteiger partial charge in [0.1, 0.15) is 12.6 Å². The second-order valence-corrected chi connectivity index (χ2v) is 12.6. The average molecular weight is 618 g/mol. The Bertz CT molecular complexity index is 1650. The van der Waals surface area contributed by atoms with Crippen LogP contribution in [0.3, 0.4) is 0 Å². The van der Waals surface area contributed by atoms with Gasteiger partial charge in [-0.2, -0.15) is 0 Å². The van der Waals surface area contributed by atoms with Crippen molar-refractivity contribution in [1.29, 1.82) is 0 Å². The molecule has 0 radical (unpaired) electrons. The maximum absolute atomic E-state index is 14.4. The molecule has 0 unspecified atom stereocenters. The normalized spacial score (nSPS) is 11.9. The van der Waals surface area contributed by atoms with Gasteiger partial charge in [0.25, 0.3) is 10.0 Å². The Hall–Kier alpha value is -4.14. The second-order valence-electron chi connectivity index (χ2n) is 10.3. The first kappa shape index (κ1) is 31.8. The lowest BCUT2D eigenvalue weighted by molar-refractivity contribution is -0.140. The Morgan fingerprint density at radius 3 is 2.02 bits per heavy atom. The second kappa shape index (κ2) is 14.4. The largest absolute Gasteiger partial charge is 0.355 e. The lowest BCUT2D eigenvalue weighted by atomic mass is 10.0. The summed E-state index contributed by atoms with van der Waals surface area (Å²) >= 11 is 6.43. The Balaban J connectivity index is 1.81. The molecule has 2 amide bonds. The number of aryl methyl sites for hydroxylation is 1. The van der Waals surface area contributed by atoms with Gasteiger partial charge in [0.2, 0.25) is 11.8 Å². The SMILES string of the molecule is CCNC(=O)[C@@H](Cc1ccccc1)N(Cc1ccccc1)C(=O)CN(c1cccc(Cl)c1C)S(=O)(=O)c1ccc(C)cc1. The number of rotatable bonds is 12. The molecular weight excluding hydrogens is 582 g/mol. The molecule has 0 aliphatic rings. The van der Waals surface area contributed by atoms with E-state index in [1.807, 2.05) is 74.5 Å². The molecule has 43 heavy (non-hydrogen) atoms. The lowest BCUT2D eigenvalue weighted by Gasteiger charge is -2.34. The van der Waals surface area contributed by atoms with Gasteiger partial charge in [-0.05, 0) is 61.7 Å². The summed E-state index contributed by atoms with van der Waals surface area (Å²) in [4.78, 5) is 29.5. The number of amides is 2. The number of likely N-dealkylation sites (N-methyl/N-ethyl adjacent to an activating group) is 1. The number of benzene rings is 4. The quantitative estimate of drug-likeness (QED) is 0.214. The fourth-order valence-electron chi connectivity index (χ4n) is 4.84. The predicted molar refractivity (Wildman–Crippen MR) is 172 cm³/mol. The van der Waals surface area contributed by atoms with E-state index >= 15 is 0 Å². The van der Waals surface area contributed by atoms with Crippen LogP contribution in [0.25, 0.3) is 0 Å². The van der Waals surface area contributed by atoms with Crippen molar-refractivity contribution in [2.75, 3.05) is 17.4 Å². The number of nitrogens with zero attached hydrogens (tertiary/aromatic N) is 2. The third kappa shape index (κ3) is 7.83. The Kier molecular flexibility index (Phi) is 10.6. The Labute approximate surface area is 259 Å².